The molecular weight excluding hydrogens is 635 g/mol. The van der Waals surface area contributed by atoms with E-state index in [9.17, 15) is 32.8 Å². The second kappa shape index (κ2) is 12.4. The smallest absolute Gasteiger partial charge is 0.425 e. The van der Waals surface area contributed by atoms with Crippen molar-refractivity contribution in [2.24, 2.45) is 0 Å². The maximum atomic E-state index is 13.2. The summed E-state index contributed by atoms with van der Waals surface area (Å²) in [6, 6.07) is 7.29. The molecule has 0 unspecified atom stereocenters. The van der Waals surface area contributed by atoms with Crippen LogP contribution in [-0.4, -0.2) is 54.1 Å². The van der Waals surface area contributed by atoms with Gasteiger partial charge in [0.2, 0.25) is 0 Å². The Morgan fingerprint density at radius 2 is 1.48 bits per heavy atom. The van der Waals surface area contributed by atoms with E-state index in [0.717, 1.165) is 18.5 Å². The fraction of sp³-hybridized carbons (Fsp3) is 0.310. The van der Waals surface area contributed by atoms with Crippen LogP contribution in [-0.2, 0) is 15.7 Å². The van der Waals surface area contributed by atoms with Gasteiger partial charge in [-0.05, 0) is 84.0 Å². The Hall–Kier alpha value is -4.96. The number of benzene rings is 2. The number of nitrogens with zero attached hydrogens (tertiary/aromatic N) is 6. The number of ether oxygens (including phenoxy) is 2. The van der Waals surface area contributed by atoms with Crippen molar-refractivity contribution in [2.45, 2.75) is 58.9 Å². The molecule has 0 saturated carbocycles. The van der Waals surface area contributed by atoms with Crippen molar-refractivity contribution in [3.63, 3.8) is 0 Å². The maximum absolute atomic E-state index is 13.2. The number of alkyl halides is 3. The fourth-order valence-electron chi connectivity index (χ4n) is 3.91. The highest BCUT2D eigenvalue weighted by atomic mass is 35.5. The molecule has 0 atom stereocenters. The molecule has 0 bridgehead atoms. The van der Waals surface area contributed by atoms with Gasteiger partial charge in [-0.2, -0.15) is 23.1 Å². The summed E-state index contributed by atoms with van der Waals surface area (Å²) in [4.78, 5) is 52.1. The summed E-state index contributed by atoms with van der Waals surface area (Å²) in [5.41, 5.74) is -2.69. The van der Waals surface area contributed by atoms with Crippen LogP contribution in [0.1, 0.15) is 47.1 Å². The monoisotopic (exact) mass is 663 g/mol. The molecule has 244 valence electrons. The van der Waals surface area contributed by atoms with Crippen molar-refractivity contribution >= 4 is 58.2 Å². The van der Waals surface area contributed by atoms with Crippen LogP contribution < -0.4 is 15.3 Å². The summed E-state index contributed by atoms with van der Waals surface area (Å²) in [7, 11) is 0. The van der Waals surface area contributed by atoms with Crippen molar-refractivity contribution in [3.05, 3.63) is 65.7 Å². The molecule has 2 N–H and O–H groups in total. The standard InChI is InChI=1S/C29H29ClF3N7O6/c1-27(2,3)45-25(42)39(26(43)46-28(4,5)6)23-21-22(34-14-35-23)38(15-36-21)17-8-10-18(11-9-17)40(44)24(41)37-16-7-12-20(30)19(13-16)29(31,32)33/h7-15,44H,1-6H3,(H,37,41). The summed E-state index contributed by atoms with van der Waals surface area (Å²) >= 11 is 5.62. The van der Waals surface area contributed by atoms with Gasteiger partial charge in [-0.25, -0.2) is 29.3 Å². The number of nitrogens with one attached hydrogen (secondary N) is 1. The summed E-state index contributed by atoms with van der Waals surface area (Å²) in [6.07, 6.45) is -4.38. The Labute approximate surface area is 265 Å². The first kappa shape index (κ1) is 33.9. The molecule has 2 aromatic carbocycles. The van der Waals surface area contributed by atoms with Crippen LogP contribution in [0, 0.1) is 0 Å². The highest BCUT2D eigenvalue weighted by molar-refractivity contribution is 6.31. The second-order valence-corrected chi connectivity index (χ2v) is 12.1. The predicted molar refractivity (Wildman–Crippen MR) is 161 cm³/mol. The molecule has 2 aromatic heterocycles. The number of fused-ring (bicyclic) bond motifs is 1. The number of aromatic nitrogens is 4. The van der Waals surface area contributed by atoms with Crippen molar-refractivity contribution in [2.75, 3.05) is 15.3 Å². The summed E-state index contributed by atoms with van der Waals surface area (Å²) in [5, 5.41) is 12.3. The lowest BCUT2D eigenvalue weighted by Gasteiger charge is -2.28. The zero-order valence-corrected chi connectivity index (χ0v) is 26.1. The van der Waals surface area contributed by atoms with Crippen LogP contribution in [0.3, 0.4) is 0 Å². The third-order valence-corrected chi connectivity index (χ3v) is 6.10. The minimum atomic E-state index is -4.75. The number of rotatable bonds is 4. The molecule has 0 aliphatic carbocycles. The molecule has 0 aliphatic rings. The van der Waals surface area contributed by atoms with E-state index in [0.29, 0.717) is 16.7 Å². The van der Waals surface area contributed by atoms with Gasteiger partial charge in [0, 0.05) is 11.4 Å². The van der Waals surface area contributed by atoms with E-state index in [-0.39, 0.29) is 33.4 Å². The first-order valence-electron chi connectivity index (χ1n) is 13.5. The molecule has 13 nitrogen and oxygen atoms in total. The van der Waals surface area contributed by atoms with Gasteiger partial charge in [0.1, 0.15) is 23.9 Å². The maximum Gasteiger partial charge on any atom is 0.425 e. The minimum absolute atomic E-state index is 0.0352. The number of hydrogen-bond acceptors (Lipinski definition) is 9. The molecule has 0 fully saturated rings. The number of carbonyl (C=O) groups is 3. The molecule has 2 heterocycles. The van der Waals surface area contributed by atoms with Crippen LogP contribution in [0.4, 0.5) is 44.7 Å². The van der Waals surface area contributed by atoms with Gasteiger partial charge in [0.25, 0.3) is 0 Å². The summed E-state index contributed by atoms with van der Waals surface area (Å²) in [6.45, 7) is 9.78. The van der Waals surface area contributed by atoms with E-state index in [1.165, 1.54) is 35.2 Å². The summed E-state index contributed by atoms with van der Waals surface area (Å²) in [5.74, 6) is -0.196. The lowest BCUT2D eigenvalue weighted by atomic mass is 10.2. The number of anilines is 3. The van der Waals surface area contributed by atoms with Gasteiger partial charge in [0.15, 0.2) is 17.0 Å². The number of amides is 4. The second-order valence-electron chi connectivity index (χ2n) is 11.7. The molecule has 0 radical (unpaired) electrons. The number of hydroxylamine groups is 1. The number of imide groups is 1. The van der Waals surface area contributed by atoms with Gasteiger partial charge < -0.3 is 14.8 Å². The molecule has 4 amide bonds. The molecule has 0 aliphatic heterocycles. The Morgan fingerprint density at radius 3 is 2.02 bits per heavy atom. The molecule has 4 rings (SSSR count). The van der Waals surface area contributed by atoms with Crippen LogP contribution in [0.5, 0.6) is 0 Å². The topological polar surface area (TPSA) is 152 Å². The largest absolute Gasteiger partial charge is 0.443 e. The highest BCUT2D eigenvalue weighted by Gasteiger charge is 2.36. The Bertz CT molecular complexity index is 1760. The third-order valence-electron chi connectivity index (χ3n) is 5.77. The third kappa shape index (κ3) is 7.81. The average Bonchev–Trinajstić information content (AvgIpc) is 3.36. The van der Waals surface area contributed by atoms with Gasteiger partial charge in [-0.15, -0.1) is 0 Å². The quantitative estimate of drug-likeness (QED) is 0.166. The van der Waals surface area contributed by atoms with Crippen LogP contribution >= 0.6 is 11.6 Å². The van der Waals surface area contributed by atoms with Gasteiger partial charge in [0.05, 0.1) is 16.3 Å². The van der Waals surface area contributed by atoms with Crippen LogP contribution in [0.15, 0.2) is 55.1 Å². The Balaban J connectivity index is 1.61. The zero-order valence-electron chi connectivity index (χ0n) is 25.4. The zero-order chi connectivity index (χ0) is 34.2. The van der Waals surface area contributed by atoms with E-state index in [1.807, 2.05) is 0 Å². The number of imidazole rings is 1. The van der Waals surface area contributed by atoms with Crippen LogP contribution in [0.2, 0.25) is 5.02 Å². The molecule has 4 aromatic rings. The van der Waals surface area contributed by atoms with Crippen LogP contribution in [0.25, 0.3) is 16.9 Å². The minimum Gasteiger partial charge on any atom is -0.443 e. The normalized spacial score (nSPS) is 12.1. The number of urea groups is 1. The highest BCUT2D eigenvalue weighted by Crippen LogP contribution is 2.36. The SMILES string of the molecule is CC(C)(C)OC(=O)N(C(=O)OC(C)(C)C)c1ncnc2c1ncn2-c1ccc(N(O)C(=O)Nc2ccc(Cl)c(C(F)(F)F)c2)cc1. The van der Waals surface area contributed by atoms with E-state index in [2.05, 4.69) is 20.3 Å². The van der Waals surface area contributed by atoms with Gasteiger partial charge in [-0.3, -0.25) is 9.77 Å². The molecular formula is C29H29ClF3N7O6. The Morgan fingerprint density at radius 1 is 0.891 bits per heavy atom. The molecule has 0 saturated heterocycles. The van der Waals surface area contributed by atoms with Crippen molar-refractivity contribution in [1.29, 1.82) is 0 Å². The van der Waals surface area contributed by atoms with E-state index < -0.39 is 46.2 Å². The molecule has 17 heteroatoms. The van der Waals surface area contributed by atoms with Crippen molar-refractivity contribution in [1.82, 2.24) is 19.5 Å². The van der Waals surface area contributed by atoms with Gasteiger partial charge in [-0.1, -0.05) is 11.6 Å². The van der Waals surface area contributed by atoms with E-state index in [4.69, 9.17) is 21.1 Å². The predicted octanol–water partition coefficient (Wildman–Crippen LogP) is 7.59. The van der Waals surface area contributed by atoms with Crippen molar-refractivity contribution in [3.8, 4) is 5.69 Å². The van der Waals surface area contributed by atoms with E-state index in [1.54, 1.807) is 41.5 Å². The first-order valence-corrected chi connectivity index (χ1v) is 13.8. The Kier molecular flexibility index (Phi) is 9.17. The number of carbonyl (C=O) groups excluding carboxylic acids is 3. The summed E-state index contributed by atoms with van der Waals surface area (Å²) < 4.78 is 51.9. The van der Waals surface area contributed by atoms with Gasteiger partial charge >= 0.3 is 24.4 Å². The molecule has 0 spiro atoms. The van der Waals surface area contributed by atoms with Crippen molar-refractivity contribution < 1.29 is 42.2 Å². The lowest BCUT2D eigenvalue weighted by Crippen LogP contribution is -2.44. The molecule has 46 heavy (non-hydrogen) atoms. The average molecular weight is 664 g/mol. The first-order chi connectivity index (χ1) is 21.2. The van der Waals surface area contributed by atoms with E-state index >= 15 is 0 Å². The lowest BCUT2D eigenvalue weighted by molar-refractivity contribution is -0.137. The number of halogens is 4. The number of hydrogen-bond donors (Lipinski definition) is 2. The fourth-order valence-corrected chi connectivity index (χ4v) is 4.13.